The normalized spacial score (nSPS) is 14.2. The van der Waals surface area contributed by atoms with E-state index in [0.717, 1.165) is 32.8 Å². The Kier molecular flexibility index (Phi) is 2.22. The van der Waals surface area contributed by atoms with Gasteiger partial charge in [-0.15, -0.1) is 0 Å². The van der Waals surface area contributed by atoms with Crippen molar-refractivity contribution in [3.63, 3.8) is 0 Å². The molecule has 4 rings (SSSR count). The van der Waals surface area contributed by atoms with E-state index in [1.807, 2.05) is 26.1 Å². The summed E-state index contributed by atoms with van der Waals surface area (Å²) in [7, 11) is 0. The molecule has 0 saturated carbocycles. The van der Waals surface area contributed by atoms with Crippen molar-refractivity contribution in [1.82, 2.24) is 9.97 Å². The summed E-state index contributed by atoms with van der Waals surface area (Å²) in [6, 6.07) is 1.97. The highest BCUT2D eigenvalue weighted by molar-refractivity contribution is 6.52. The Hall–Kier alpha value is -2.75. The number of nitrogens with zero attached hydrogens (tertiary/aromatic N) is 1. The number of hydrogen-bond donors (Lipinski definition) is 1. The van der Waals surface area contributed by atoms with Crippen LogP contribution in [0.25, 0.3) is 27.8 Å². The number of Topliss-reactive ketones (excluding diaryl/α,β-unsaturated/α-hetero) is 1. The van der Waals surface area contributed by atoms with Crippen molar-refractivity contribution in [1.29, 1.82) is 0 Å². The highest BCUT2D eigenvalue weighted by atomic mass is 16.2. The lowest BCUT2D eigenvalue weighted by Crippen LogP contribution is -2.15. The number of allylic oxidation sites excluding steroid dienone is 1. The van der Waals surface area contributed by atoms with Gasteiger partial charge in [-0.25, -0.2) is 0 Å². The molecule has 1 aliphatic rings. The molecule has 1 aromatic carbocycles. The predicted octanol–water partition coefficient (Wildman–Crippen LogP) is 3.11. The lowest BCUT2D eigenvalue weighted by Gasteiger charge is -2.09. The van der Waals surface area contributed by atoms with Crippen LogP contribution in [0.15, 0.2) is 24.5 Å². The second kappa shape index (κ2) is 3.88. The van der Waals surface area contributed by atoms with E-state index in [1.165, 1.54) is 6.08 Å². The molecule has 0 bridgehead atoms. The van der Waals surface area contributed by atoms with Crippen LogP contribution in [0.4, 0.5) is 0 Å². The van der Waals surface area contributed by atoms with Crippen LogP contribution < -0.4 is 0 Å². The standard InChI is InChI=1S/C17H12N2O2/c1-8-11-7-18-6-5-10(11)9(2)16-14(8)15-12(19-16)3-4-13(20)17(15)21/h3-7,19H,1-2H3. The van der Waals surface area contributed by atoms with Crippen LogP contribution in [0.3, 0.4) is 0 Å². The number of ketones is 2. The van der Waals surface area contributed by atoms with Gasteiger partial charge in [0.1, 0.15) is 0 Å². The minimum atomic E-state index is -0.466. The average Bonchev–Trinajstić information content (AvgIpc) is 2.89. The van der Waals surface area contributed by atoms with Gasteiger partial charge in [0.25, 0.3) is 0 Å². The first-order valence-corrected chi connectivity index (χ1v) is 6.75. The minimum Gasteiger partial charge on any atom is -0.354 e. The van der Waals surface area contributed by atoms with Crippen LogP contribution in [0, 0.1) is 13.8 Å². The Balaban J connectivity index is 2.29. The van der Waals surface area contributed by atoms with Gasteiger partial charge in [0.05, 0.1) is 16.8 Å². The molecule has 4 nitrogen and oxygen atoms in total. The summed E-state index contributed by atoms with van der Waals surface area (Å²) >= 11 is 0. The zero-order chi connectivity index (χ0) is 14.7. The zero-order valence-electron chi connectivity index (χ0n) is 11.7. The number of H-pyrrole nitrogens is 1. The molecule has 4 heteroatoms. The molecule has 0 spiro atoms. The maximum atomic E-state index is 12.3. The maximum Gasteiger partial charge on any atom is 0.235 e. The van der Waals surface area contributed by atoms with Crippen LogP contribution in [-0.4, -0.2) is 21.5 Å². The molecule has 1 aliphatic carbocycles. The molecule has 0 atom stereocenters. The van der Waals surface area contributed by atoms with Crippen molar-refractivity contribution >= 4 is 39.3 Å². The van der Waals surface area contributed by atoms with Gasteiger partial charge < -0.3 is 4.98 Å². The summed E-state index contributed by atoms with van der Waals surface area (Å²) < 4.78 is 0. The Labute approximate surface area is 120 Å². The fourth-order valence-electron chi connectivity index (χ4n) is 3.18. The van der Waals surface area contributed by atoms with Crippen LogP contribution in [-0.2, 0) is 4.79 Å². The van der Waals surface area contributed by atoms with Gasteiger partial charge in [-0.05, 0) is 48.6 Å². The molecular formula is C17H12N2O2. The van der Waals surface area contributed by atoms with E-state index in [1.54, 1.807) is 12.3 Å². The topological polar surface area (TPSA) is 62.8 Å². The molecule has 21 heavy (non-hydrogen) atoms. The molecule has 3 aromatic rings. The van der Waals surface area contributed by atoms with E-state index in [9.17, 15) is 9.59 Å². The maximum absolute atomic E-state index is 12.3. The molecular weight excluding hydrogens is 264 g/mol. The third-order valence-corrected chi connectivity index (χ3v) is 4.26. The van der Waals surface area contributed by atoms with Gasteiger partial charge in [0.15, 0.2) is 0 Å². The smallest absolute Gasteiger partial charge is 0.235 e. The number of carbonyl (C=O) groups excluding carboxylic acids is 2. The van der Waals surface area contributed by atoms with Crippen molar-refractivity contribution in [2.24, 2.45) is 0 Å². The molecule has 2 aromatic heterocycles. The summed E-state index contributed by atoms with van der Waals surface area (Å²) in [6.07, 6.45) is 6.58. The second-order valence-electron chi connectivity index (χ2n) is 5.36. The number of carbonyl (C=O) groups is 2. The number of aromatic amines is 1. The van der Waals surface area contributed by atoms with Crippen molar-refractivity contribution in [3.8, 4) is 0 Å². The third kappa shape index (κ3) is 1.41. The summed E-state index contributed by atoms with van der Waals surface area (Å²) in [5.74, 6) is -0.906. The van der Waals surface area contributed by atoms with E-state index in [-0.39, 0.29) is 0 Å². The summed E-state index contributed by atoms with van der Waals surface area (Å²) in [4.78, 5) is 31.4. The molecule has 0 saturated heterocycles. The van der Waals surface area contributed by atoms with Crippen LogP contribution in [0.1, 0.15) is 27.2 Å². The highest BCUT2D eigenvalue weighted by Crippen LogP contribution is 2.36. The largest absolute Gasteiger partial charge is 0.354 e. The van der Waals surface area contributed by atoms with Crippen molar-refractivity contribution in [3.05, 3.63) is 46.9 Å². The molecule has 1 N–H and O–H groups in total. The van der Waals surface area contributed by atoms with Crippen molar-refractivity contribution in [2.75, 3.05) is 0 Å². The zero-order valence-corrected chi connectivity index (χ0v) is 11.7. The van der Waals surface area contributed by atoms with Crippen molar-refractivity contribution in [2.45, 2.75) is 13.8 Å². The Bertz CT molecular complexity index is 993. The quantitative estimate of drug-likeness (QED) is 0.642. The summed E-state index contributed by atoms with van der Waals surface area (Å²) in [6.45, 7) is 3.98. The fourth-order valence-corrected chi connectivity index (χ4v) is 3.18. The van der Waals surface area contributed by atoms with Gasteiger partial charge in [-0.3, -0.25) is 14.6 Å². The Morgan fingerprint density at radius 2 is 1.86 bits per heavy atom. The number of aryl methyl sites for hydroxylation is 2. The molecule has 0 aliphatic heterocycles. The number of benzene rings is 1. The lowest BCUT2D eigenvalue weighted by molar-refractivity contribution is -0.110. The first-order chi connectivity index (χ1) is 10.1. The number of pyridine rings is 1. The van der Waals surface area contributed by atoms with E-state index < -0.39 is 11.6 Å². The molecule has 0 unspecified atom stereocenters. The number of hydrogen-bond acceptors (Lipinski definition) is 3. The highest BCUT2D eigenvalue weighted by Gasteiger charge is 2.27. The van der Waals surface area contributed by atoms with E-state index >= 15 is 0 Å². The average molecular weight is 276 g/mol. The molecule has 0 fully saturated rings. The van der Waals surface area contributed by atoms with Crippen LogP contribution >= 0.6 is 0 Å². The molecule has 102 valence electrons. The minimum absolute atomic E-state index is 0.440. The number of rotatable bonds is 0. The number of aromatic nitrogens is 2. The Morgan fingerprint density at radius 3 is 2.67 bits per heavy atom. The number of fused-ring (bicyclic) bond motifs is 4. The monoisotopic (exact) mass is 276 g/mol. The molecule has 2 heterocycles. The fraction of sp³-hybridized carbons (Fsp3) is 0.118. The summed E-state index contributed by atoms with van der Waals surface area (Å²) in [5, 5.41) is 2.96. The molecule has 0 amide bonds. The van der Waals surface area contributed by atoms with E-state index in [0.29, 0.717) is 11.3 Å². The van der Waals surface area contributed by atoms with E-state index in [4.69, 9.17) is 0 Å². The van der Waals surface area contributed by atoms with E-state index in [2.05, 4.69) is 9.97 Å². The first kappa shape index (κ1) is 12.0. The third-order valence-electron chi connectivity index (χ3n) is 4.26. The Morgan fingerprint density at radius 1 is 1.05 bits per heavy atom. The lowest BCUT2D eigenvalue weighted by atomic mass is 9.92. The van der Waals surface area contributed by atoms with Crippen LogP contribution in [0.2, 0.25) is 0 Å². The first-order valence-electron chi connectivity index (χ1n) is 6.75. The van der Waals surface area contributed by atoms with Gasteiger partial charge in [-0.2, -0.15) is 0 Å². The number of nitrogens with one attached hydrogen (secondary N) is 1. The van der Waals surface area contributed by atoms with Gasteiger partial charge in [0, 0.05) is 23.2 Å². The summed E-state index contributed by atoms with van der Waals surface area (Å²) in [5.41, 5.74) is 4.17. The second-order valence-corrected chi connectivity index (χ2v) is 5.36. The molecule has 0 radical (unpaired) electrons. The van der Waals surface area contributed by atoms with Crippen LogP contribution in [0.5, 0.6) is 0 Å². The van der Waals surface area contributed by atoms with Gasteiger partial charge in [-0.1, -0.05) is 0 Å². The van der Waals surface area contributed by atoms with Gasteiger partial charge in [0.2, 0.25) is 11.6 Å². The SMILES string of the molecule is Cc1c2ccncc2c(C)c2c3c([nH]c12)C=CC(=O)C3=O. The predicted molar refractivity (Wildman–Crippen MR) is 81.4 cm³/mol. The van der Waals surface area contributed by atoms with Crippen molar-refractivity contribution < 1.29 is 9.59 Å². The van der Waals surface area contributed by atoms with Gasteiger partial charge >= 0.3 is 0 Å².